The van der Waals surface area contributed by atoms with Gasteiger partial charge in [-0.3, -0.25) is 4.79 Å². The van der Waals surface area contributed by atoms with Crippen molar-refractivity contribution in [2.45, 2.75) is 56.6 Å². The van der Waals surface area contributed by atoms with Gasteiger partial charge in [-0.2, -0.15) is 0 Å². The molecule has 0 bridgehead atoms. The predicted octanol–water partition coefficient (Wildman–Crippen LogP) is 3.06. The zero-order valence-electron chi connectivity index (χ0n) is 19.0. The number of hydrogen-bond acceptors (Lipinski definition) is 15. The number of aliphatic hydroxyl groups is 1. The minimum atomic E-state index is -0.825. The van der Waals surface area contributed by atoms with Crippen molar-refractivity contribution in [3.05, 3.63) is 32.2 Å². The van der Waals surface area contributed by atoms with Gasteiger partial charge in [0.15, 0.2) is 10.3 Å². The molecule has 1 aliphatic carbocycles. The topological polar surface area (TPSA) is 191 Å². The van der Waals surface area contributed by atoms with Gasteiger partial charge in [0, 0.05) is 29.0 Å². The van der Waals surface area contributed by atoms with Crippen molar-refractivity contribution in [1.82, 2.24) is 30.4 Å². The van der Waals surface area contributed by atoms with Gasteiger partial charge in [0.05, 0.1) is 17.8 Å². The van der Waals surface area contributed by atoms with Gasteiger partial charge in [-0.1, -0.05) is 29.1 Å². The molecule has 4 heterocycles. The third-order valence-electron chi connectivity index (χ3n) is 5.67. The van der Waals surface area contributed by atoms with Crippen LogP contribution in [0, 0.1) is 0 Å². The van der Waals surface area contributed by atoms with E-state index >= 15 is 0 Å². The molecule has 16 heteroatoms. The number of nitrogens with two attached hydrogens (primary N) is 2. The average Bonchev–Trinajstić information content (AvgIpc) is 3.64. The van der Waals surface area contributed by atoms with E-state index in [1.807, 2.05) is 5.38 Å². The van der Waals surface area contributed by atoms with Crippen molar-refractivity contribution in [2.75, 3.05) is 22.1 Å². The van der Waals surface area contributed by atoms with E-state index in [2.05, 4.69) is 41.0 Å². The number of rotatable bonds is 9. The summed E-state index contributed by atoms with van der Waals surface area (Å²) >= 11 is 5.52. The summed E-state index contributed by atoms with van der Waals surface area (Å²) in [4.78, 5) is 20.6. The molecular weight excluding hydrogens is 541 g/mol. The molecule has 0 aromatic carbocycles. The Morgan fingerprint density at radius 2 is 1.58 bits per heavy atom. The predicted molar refractivity (Wildman–Crippen MR) is 142 cm³/mol. The molecule has 0 spiro atoms. The smallest absolute Gasteiger partial charge is 0.232 e. The first kappa shape index (κ1) is 24.9. The molecule has 7 N–H and O–H groups in total. The number of thiazole rings is 2. The van der Waals surface area contributed by atoms with Crippen LogP contribution < -0.4 is 22.1 Å². The Balaban J connectivity index is 1.15. The number of aliphatic hydroxyl groups excluding tert-OH is 1. The highest BCUT2D eigenvalue weighted by Gasteiger charge is 2.29. The molecule has 0 saturated heterocycles. The summed E-state index contributed by atoms with van der Waals surface area (Å²) in [6.45, 7) is 0. The Hall–Kier alpha value is -2.79. The number of hydrogen-bond donors (Lipinski definition) is 5. The van der Waals surface area contributed by atoms with Gasteiger partial charge in [0.2, 0.25) is 16.2 Å². The number of nitrogens with zero attached hydrogens (tertiary/aromatic N) is 6. The Morgan fingerprint density at radius 3 is 2.22 bits per heavy atom. The molecule has 1 aliphatic rings. The van der Waals surface area contributed by atoms with E-state index in [4.69, 9.17) is 11.5 Å². The maximum absolute atomic E-state index is 12.3. The van der Waals surface area contributed by atoms with Gasteiger partial charge in [-0.15, -0.1) is 43.1 Å². The van der Waals surface area contributed by atoms with Crippen LogP contribution in [-0.4, -0.2) is 47.6 Å². The lowest BCUT2D eigenvalue weighted by Crippen LogP contribution is -2.21. The Bertz CT molecular complexity index is 1320. The van der Waals surface area contributed by atoms with Crippen LogP contribution in [0.3, 0.4) is 0 Å². The molecule has 4 aromatic rings. The van der Waals surface area contributed by atoms with E-state index in [0.29, 0.717) is 32.6 Å². The number of nitrogens with one attached hydrogen (secondary N) is 2. The van der Waals surface area contributed by atoms with Crippen molar-refractivity contribution >= 4 is 71.8 Å². The fraction of sp³-hybridized carbons (Fsp3) is 0.450. The van der Waals surface area contributed by atoms with Gasteiger partial charge in [0.1, 0.15) is 16.2 Å². The third kappa shape index (κ3) is 6.31. The number of nitrogen functional groups attached to an aromatic ring is 2. The van der Waals surface area contributed by atoms with Gasteiger partial charge in [-0.05, 0) is 19.3 Å². The van der Waals surface area contributed by atoms with Crippen molar-refractivity contribution < 1.29 is 9.90 Å². The zero-order chi connectivity index (χ0) is 25.1. The van der Waals surface area contributed by atoms with E-state index in [-0.39, 0.29) is 24.2 Å². The molecule has 1 saturated carbocycles. The lowest BCUT2D eigenvalue weighted by Gasteiger charge is -2.25. The van der Waals surface area contributed by atoms with Crippen LogP contribution in [0.4, 0.5) is 20.5 Å². The summed E-state index contributed by atoms with van der Waals surface area (Å²) in [5.41, 5.74) is 12.6. The third-order valence-corrected chi connectivity index (χ3v) is 9.14. The van der Waals surface area contributed by atoms with Crippen molar-refractivity contribution in [3.8, 4) is 0 Å². The summed E-state index contributed by atoms with van der Waals surface area (Å²) in [6.07, 6.45) is 3.61. The largest absolute Gasteiger partial charge is 0.375 e. The van der Waals surface area contributed by atoms with E-state index < -0.39 is 6.23 Å². The standard InChI is InChI=1S/C20H24N10O2S4/c21-17-23-11(7-33-17)5-13(31)25-19-29-27-15(35-19)9-2-1-3-10(4-9)16-28-30-20(36-16)26-14(32)6-12-8-34-18(22)24-12/h7-10,13,31H,1-6H2,(H2,21,23)(H2,22,24)(H,25,29)(H,26,30,32). The van der Waals surface area contributed by atoms with Crippen LogP contribution in [-0.2, 0) is 17.6 Å². The van der Waals surface area contributed by atoms with Gasteiger partial charge in [-0.25, -0.2) is 9.97 Å². The fourth-order valence-electron chi connectivity index (χ4n) is 4.09. The minimum Gasteiger partial charge on any atom is -0.375 e. The second-order valence-corrected chi connectivity index (χ2v) is 12.2. The summed E-state index contributed by atoms with van der Waals surface area (Å²) in [6, 6.07) is 0. The molecule has 36 heavy (non-hydrogen) atoms. The van der Waals surface area contributed by atoms with E-state index in [1.54, 1.807) is 5.38 Å². The molecule has 5 rings (SSSR count). The van der Waals surface area contributed by atoms with Crippen LogP contribution in [0.1, 0.15) is 58.9 Å². The second-order valence-electron chi connectivity index (χ2n) is 8.39. The maximum atomic E-state index is 12.3. The number of amides is 1. The quantitative estimate of drug-likeness (QED) is 0.188. The highest BCUT2D eigenvalue weighted by Crippen LogP contribution is 2.43. The van der Waals surface area contributed by atoms with E-state index in [9.17, 15) is 9.90 Å². The first-order chi connectivity index (χ1) is 17.4. The first-order valence-corrected chi connectivity index (χ1v) is 14.6. The summed E-state index contributed by atoms with van der Waals surface area (Å²) < 4.78 is 0. The molecule has 4 aromatic heterocycles. The molecular formula is C20H24N10O2S4. The Morgan fingerprint density at radius 1 is 0.972 bits per heavy atom. The van der Waals surface area contributed by atoms with E-state index in [1.165, 1.54) is 45.3 Å². The molecule has 3 atom stereocenters. The lowest BCUT2D eigenvalue weighted by atomic mass is 9.82. The molecule has 12 nitrogen and oxygen atoms in total. The van der Waals surface area contributed by atoms with Crippen molar-refractivity contribution in [1.29, 1.82) is 0 Å². The number of anilines is 4. The van der Waals surface area contributed by atoms with Crippen LogP contribution in [0.15, 0.2) is 10.8 Å². The normalized spacial score (nSPS) is 18.7. The van der Waals surface area contributed by atoms with Gasteiger partial charge >= 0.3 is 0 Å². The summed E-state index contributed by atoms with van der Waals surface area (Å²) in [5, 5.41) is 40.7. The molecule has 1 amide bonds. The molecule has 190 valence electrons. The lowest BCUT2D eigenvalue weighted by molar-refractivity contribution is -0.115. The zero-order valence-corrected chi connectivity index (χ0v) is 22.2. The Labute approximate surface area is 222 Å². The minimum absolute atomic E-state index is 0.147. The SMILES string of the molecule is Nc1nc(CC(=O)Nc2nnc(C3CCCC(c4nnc(NC(O)Cc5csc(N)n5)s4)C3)s2)cs1. The van der Waals surface area contributed by atoms with E-state index in [0.717, 1.165) is 41.4 Å². The maximum Gasteiger partial charge on any atom is 0.232 e. The Kier molecular flexibility index (Phi) is 7.66. The molecule has 0 aliphatic heterocycles. The highest BCUT2D eigenvalue weighted by atomic mass is 32.1. The molecule has 3 unspecified atom stereocenters. The van der Waals surface area contributed by atoms with Crippen LogP contribution in [0.25, 0.3) is 0 Å². The number of aromatic nitrogens is 6. The van der Waals surface area contributed by atoms with Crippen molar-refractivity contribution in [3.63, 3.8) is 0 Å². The fourth-order valence-corrected chi connectivity index (χ4v) is 7.07. The van der Waals surface area contributed by atoms with Crippen molar-refractivity contribution in [2.24, 2.45) is 0 Å². The van der Waals surface area contributed by atoms with Gasteiger partial charge < -0.3 is 27.2 Å². The second kappa shape index (κ2) is 11.1. The van der Waals surface area contributed by atoms with Crippen LogP contribution in [0.2, 0.25) is 0 Å². The highest BCUT2D eigenvalue weighted by molar-refractivity contribution is 7.16. The van der Waals surface area contributed by atoms with Crippen LogP contribution >= 0.6 is 45.3 Å². The summed E-state index contributed by atoms with van der Waals surface area (Å²) in [7, 11) is 0. The molecule has 1 fully saturated rings. The molecule has 0 radical (unpaired) electrons. The summed E-state index contributed by atoms with van der Waals surface area (Å²) in [5.74, 6) is 0.300. The number of carbonyl (C=O) groups excluding carboxylic acids is 1. The number of carbonyl (C=O) groups is 1. The monoisotopic (exact) mass is 564 g/mol. The van der Waals surface area contributed by atoms with Crippen LogP contribution in [0.5, 0.6) is 0 Å². The first-order valence-electron chi connectivity index (χ1n) is 11.2. The average molecular weight is 565 g/mol. The van der Waals surface area contributed by atoms with Gasteiger partial charge in [0.25, 0.3) is 0 Å².